The minimum atomic E-state index is -3.86. The van der Waals surface area contributed by atoms with Crippen LogP contribution in [-0.4, -0.2) is 24.2 Å². The van der Waals surface area contributed by atoms with Crippen LogP contribution in [0.4, 0.5) is 5.69 Å². The predicted octanol–water partition coefficient (Wildman–Crippen LogP) is 2.93. The van der Waals surface area contributed by atoms with Crippen LogP contribution in [0.3, 0.4) is 0 Å². The molecule has 146 valence electrons. The Morgan fingerprint density at radius 1 is 1.07 bits per heavy atom. The molecule has 0 atom stereocenters. The van der Waals surface area contributed by atoms with Gasteiger partial charge in [-0.25, -0.2) is 20.6 Å². The summed E-state index contributed by atoms with van der Waals surface area (Å²) in [6.45, 7) is 3.57. The zero-order chi connectivity index (χ0) is 18.7. The molecule has 1 N–H and O–H groups in total. The molecule has 27 heavy (non-hydrogen) atoms. The number of carbonyl (C=O) groups is 1. The van der Waals surface area contributed by atoms with Gasteiger partial charge in [0.2, 0.25) is 10.0 Å². The minimum Gasteiger partial charge on any atom is -0.356 e. The van der Waals surface area contributed by atoms with Gasteiger partial charge in [-0.05, 0) is 38.1 Å². The largest absolute Gasteiger partial charge is 0.356 e. The number of aromatic nitrogens is 2. The number of anilines is 1. The van der Waals surface area contributed by atoms with Gasteiger partial charge in [-0.2, -0.15) is 0 Å². The van der Waals surface area contributed by atoms with Crippen molar-refractivity contribution in [3.8, 4) is 0 Å². The monoisotopic (exact) mass is 540 g/mol. The Kier molecular flexibility index (Phi) is 7.33. The maximum Gasteiger partial charge on any atom is 0.247 e. The molecule has 0 aliphatic rings. The molecule has 6 nitrogen and oxygen atoms in total. The van der Waals surface area contributed by atoms with E-state index in [0.29, 0.717) is 11.3 Å². The Hall–Kier alpha value is -1.54. The third-order valence-corrected chi connectivity index (χ3v) is 5.17. The number of aryl methyl sites for hydroxylation is 2. The van der Waals surface area contributed by atoms with E-state index in [1.165, 1.54) is 24.4 Å². The van der Waals surface area contributed by atoms with Gasteiger partial charge in [0.25, 0.3) is 0 Å². The standard InChI is InChI=1S/C19H16N3O3S.Yb/c1-13-7-9-15(10-8-13)26(24,25)22-17-6-4-12-21-18(17)19(23)16-5-3-11-20-14(16)2;/h3,5-12,22H,1-2H3;/q-1;. The molecule has 8 heteroatoms. The second-order valence-corrected chi connectivity index (χ2v) is 7.40. The number of pyridine rings is 2. The Labute approximate surface area is 196 Å². The van der Waals surface area contributed by atoms with Crippen LogP contribution in [0.15, 0.2) is 59.8 Å². The summed E-state index contributed by atoms with van der Waals surface area (Å²) in [6.07, 6.45) is 2.90. The van der Waals surface area contributed by atoms with Crippen molar-refractivity contribution >= 4 is 21.5 Å². The molecule has 0 bridgehead atoms. The zero-order valence-electron chi connectivity index (χ0n) is 14.5. The fourth-order valence-electron chi connectivity index (χ4n) is 2.39. The summed E-state index contributed by atoms with van der Waals surface area (Å²) in [5.74, 6) is -0.411. The molecule has 0 amide bonds. The topological polar surface area (TPSA) is 89.0 Å². The van der Waals surface area contributed by atoms with Crippen LogP contribution in [0, 0.1) is 66.8 Å². The van der Waals surface area contributed by atoms with Crippen molar-refractivity contribution in [3.63, 3.8) is 0 Å². The quantitative estimate of drug-likeness (QED) is 0.398. The van der Waals surface area contributed by atoms with Gasteiger partial charge in [0.1, 0.15) is 0 Å². The fourth-order valence-corrected chi connectivity index (χ4v) is 3.45. The number of benzene rings is 1. The van der Waals surface area contributed by atoms with Crippen molar-refractivity contribution < 1.29 is 60.1 Å². The van der Waals surface area contributed by atoms with Crippen LogP contribution in [0.5, 0.6) is 0 Å². The van der Waals surface area contributed by atoms with E-state index in [2.05, 4.69) is 20.8 Å². The molecular weight excluding hydrogens is 523 g/mol. The first-order valence-electron chi connectivity index (χ1n) is 7.80. The number of sulfonamides is 1. The molecule has 0 fully saturated rings. The number of ketones is 1. The second kappa shape index (κ2) is 9.10. The number of rotatable bonds is 5. The molecular formula is C19H16N3O3SYb-. The van der Waals surface area contributed by atoms with Gasteiger partial charge in [-0.1, -0.05) is 29.6 Å². The third-order valence-electron chi connectivity index (χ3n) is 3.79. The van der Waals surface area contributed by atoms with Crippen LogP contribution in [0.25, 0.3) is 0 Å². The molecule has 0 aliphatic heterocycles. The van der Waals surface area contributed by atoms with E-state index in [9.17, 15) is 13.2 Å². The molecule has 0 unspecified atom stereocenters. The number of nitrogens with zero attached hydrogens (tertiary/aromatic N) is 2. The number of hydrogen-bond donors (Lipinski definition) is 1. The van der Waals surface area contributed by atoms with E-state index in [1.807, 2.05) is 6.92 Å². The van der Waals surface area contributed by atoms with Gasteiger partial charge in [0, 0.05) is 64.4 Å². The van der Waals surface area contributed by atoms with Crippen LogP contribution in [0.1, 0.15) is 27.3 Å². The summed E-state index contributed by atoms with van der Waals surface area (Å²) in [5, 5.41) is 0. The van der Waals surface area contributed by atoms with Crippen LogP contribution in [0.2, 0.25) is 0 Å². The van der Waals surface area contributed by atoms with Crippen molar-refractivity contribution in [2.75, 3.05) is 4.72 Å². The molecule has 2 aromatic heterocycles. The summed E-state index contributed by atoms with van der Waals surface area (Å²) < 4.78 is 27.7. The molecule has 0 saturated heterocycles. The molecule has 3 aromatic rings. The molecule has 0 saturated carbocycles. The number of hydrogen-bond acceptors (Lipinski definition) is 5. The van der Waals surface area contributed by atoms with Crippen LogP contribution < -0.4 is 4.72 Å². The van der Waals surface area contributed by atoms with Crippen molar-refractivity contribution in [1.29, 1.82) is 0 Å². The van der Waals surface area contributed by atoms with E-state index in [4.69, 9.17) is 0 Å². The SMILES string of the molecule is Cc1ccc(S(=O)(=O)Nc2c[c-]cnc2C(=O)c2cccnc2C)cc1.[Yb]. The first-order chi connectivity index (χ1) is 12.4. The first-order valence-corrected chi connectivity index (χ1v) is 9.29. The molecule has 0 spiro atoms. The van der Waals surface area contributed by atoms with Gasteiger partial charge >= 0.3 is 0 Å². The Balaban J connectivity index is 0.00000261. The summed E-state index contributed by atoms with van der Waals surface area (Å²) in [6, 6.07) is 13.8. The zero-order valence-corrected chi connectivity index (χ0v) is 17.0. The van der Waals surface area contributed by atoms with Gasteiger partial charge in [0.05, 0.1) is 10.6 Å². The first kappa shape index (κ1) is 21.8. The van der Waals surface area contributed by atoms with Crippen molar-refractivity contribution in [3.05, 3.63) is 83.4 Å². The summed E-state index contributed by atoms with van der Waals surface area (Å²) in [5.41, 5.74) is 1.92. The van der Waals surface area contributed by atoms with Crippen molar-refractivity contribution in [1.82, 2.24) is 9.97 Å². The maximum atomic E-state index is 12.8. The normalized spacial score (nSPS) is 10.7. The fraction of sp³-hybridized carbons (Fsp3) is 0.105. The summed E-state index contributed by atoms with van der Waals surface area (Å²) in [4.78, 5) is 21.0. The number of carbonyl (C=O) groups excluding carboxylic acids is 1. The predicted molar refractivity (Wildman–Crippen MR) is 97.5 cm³/mol. The van der Waals surface area contributed by atoms with Gasteiger partial charge in [0.15, 0.2) is 5.78 Å². The summed E-state index contributed by atoms with van der Waals surface area (Å²) in [7, 11) is -3.86. The van der Waals surface area contributed by atoms with Crippen LogP contribution >= 0.6 is 0 Å². The molecule has 3 rings (SSSR count). The van der Waals surface area contributed by atoms with Gasteiger partial charge in [-0.15, -0.1) is 0 Å². The molecule has 2 heterocycles. The number of nitrogens with one attached hydrogen (secondary N) is 1. The maximum absolute atomic E-state index is 12.8. The van der Waals surface area contributed by atoms with E-state index in [0.717, 1.165) is 5.56 Å². The summed E-state index contributed by atoms with van der Waals surface area (Å²) >= 11 is 0. The van der Waals surface area contributed by atoms with Crippen molar-refractivity contribution in [2.24, 2.45) is 0 Å². The minimum absolute atomic E-state index is 0. The Bertz CT molecular complexity index is 1070. The van der Waals surface area contributed by atoms with Crippen molar-refractivity contribution in [2.45, 2.75) is 18.7 Å². The Morgan fingerprint density at radius 2 is 1.78 bits per heavy atom. The van der Waals surface area contributed by atoms with E-state index in [1.54, 1.807) is 37.4 Å². The average Bonchev–Trinajstić information content (AvgIpc) is 2.62. The van der Waals surface area contributed by atoms with Gasteiger partial charge < -0.3 is 4.72 Å². The average molecular weight is 539 g/mol. The smallest absolute Gasteiger partial charge is 0.247 e. The second-order valence-electron chi connectivity index (χ2n) is 5.72. The van der Waals surface area contributed by atoms with E-state index >= 15 is 0 Å². The van der Waals surface area contributed by atoms with E-state index in [-0.39, 0.29) is 63.2 Å². The van der Waals surface area contributed by atoms with Gasteiger partial charge in [-0.3, -0.25) is 14.8 Å². The Morgan fingerprint density at radius 3 is 2.44 bits per heavy atom. The third kappa shape index (κ3) is 5.04. The molecule has 1 aromatic carbocycles. The van der Waals surface area contributed by atoms with E-state index < -0.39 is 15.8 Å². The van der Waals surface area contributed by atoms with Crippen LogP contribution in [-0.2, 0) is 10.0 Å². The molecule has 0 aliphatic carbocycles. The molecule has 0 radical (unpaired) electrons.